The fraction of sp³-hybridized carbons (Fsp3) is 0.381. The van der Waals surface area contributed by atoms with Crippen LogP contribution in [0, 0.1) is 0 Å². The summed E-state index contributed by atoms with van der Waals surface area (Å²) in [5.74, 6) is -0.548. The van der Waals surface area contributed by atoms with Crippen LogP contribution in [-0.2, 0) is 9.53 Å². The maximum Gasteiger partial charge on any atom is 0.417 e. The van der Waals surface area contributed by atoms with Crippen LogP contribution < -0.4 is 4.74 Å². The van der Waals surface area contributed by atoms with E-state index < -0.39 is 29.7 Å². The molecule has 2 amide bonds. The zero-order valence-electron chi connectivity index (χ0n) is 16.1. The van der Waals surface area contributed by atoms with Crippen molar-refractivity contribution >= 4 is 28.6 Å². The highest BCUT2D eigenvalue weighted by Crippen LogP contribution is 2.53. The summed E-state index contributed by atoms with van der Waals surface area (Å²) >= 11 is 0. The fourth-order valence-electron chi connectivity index (χ4n) is 3.98. The van der Waals surface area contributed by atoms with Gasteiger partial charge in [-0.3, -0.25) is 9.59 Å². The number of hydrogen-bond donors (Lipinski definition) is 1. The predicted octanol–water partition coefficient (Wildman–Crippen LogP) is 3.72. The van der Waals surface area contributed by atoms with Gasteiger partial charge in [-0.2, -0.15) is 0 Å². The number of imide groups is 1. The van der Waals surface area contributed by atoms with E-state index in [-0.39, 0.29) is 23.5 Å². The molecule has 1 N–H and O–H groups in total. The molecule has 0 spiro atoms. The molecule has 2 atom stereocenters. The molecule has 7 heteroatoms. The molecule has 2 heterocycles. The number of ether oxygens (including phenoxy) is 2. The predicted molar refractivity (Wildman–Crippen MR) is 100 cm³/mol. The lowest BCUT2D eigenvalue weighted by atomic mass is 9.91. The third-order valence-electron chi connectivity index (χ3n) is 4.96. The second-order valence-electron chi connectivity index (χ2n) is 8.12. The minimum absolute atomic E-state index is 0.00891. The van der Waals surface area contributed by atoms with E-state index in [2.05, 4.69) is 0 Å². The Morgan fingerprint density at radius 2 is 1.86 bits per heavy atom. The van der Waals surface area contributed by atoms with Gasteiger partial charge in [-0.1, -0.05) is 24.3 Å². The van der Waals surface area contributed by atoms with Crippen molar-refractivity contribution in [2.75, 3.05) is 0 Å². The second-order valence-corrected chi connectivity index (χ2v) is 8.12. The van der Waals surface area contributed by atoms with Crippen LogP contribution in [0.25, 0.3) is 10.8 Å². The van der Waals surface area contributed by atoms with Crippen molar-refractivity contribution in [2.45, 2.75) is 51.9 Å². The summed E-state index contributed by atoms with van der Waals surface area (Å²) in [7, 11) is 0. The van der Waals surface area contributed by atoms with E-state index in [0.29, 0.717) is 22.1 Å². The van der Waals surface area contributed by atoms with E-state index in [1.165, 1.54) is 6.92 Å². The number of aromatic hydroxyl groups is 1. The Bertz CT molecular complexity index is 1040. The summed E-state index contributed by atoms with van der Waals surface area (Å²) in [5, 5.41) is 11.9. The van der Waals surface area contributed by atoms with E-state index in [9.17, 15) is 19.5 Å². The molecule has 2 aliphatic rings. The summed E-state index contributed by atoms with van der Waals surface area (Å²) in [4.78, 5) is 38.7. The Balaban J connectivity index is 1.93. The van der Waals surface area contributed by atoms with Gasteiger partial charge in [0.15, 0.2) is 5.78 Å². The largest absolute Gasteiger partial charge is 0.507 e. The molecule has 2 aliphatic heterocycles. The summed E-state index contributed by atoms with van der Waals surface area (Å²) in [5.41, 5.74) is -0.345. The first kappa shape index (κ1) is 18.3. The Morgan fingerprint density at radius 1 is 1.21 bits per heavy atom. The van der Waals surface area contributed by atoms with E-state index in [1.54, 1.807) is 45.0 Å². The van der Waals surface area contributed by atoms with Crippen LogP contribution in [0.4, 0.5) is 4.79 Å². The first-order valence-corrected chi connectivity index (χ1v) is 9.10. The number of phenols is 1. The van der Waals surface area contributed by atoms with Crippen LogP contribution in [-0.4, -0.2) is 39.5 Å². The third kappa shape index (κ3) is 2.61. The van der Waals surface area contributed by atoms with Gasteiger partial charge in [0.1, 0.15) is 29.2 Å². The minimum Gasteiger partial charge on any atom is -0.507 e. The van der Waals surface area contributed by atoms with Crippen molar-refractivity contribution in [3.05, 3.63) is 35.4 Å². The van der Waals surface area contributed by atoms with Gasteiger partial charge in [0.2, 0.25) is 5.91 Å². The Morgan fingerprint density at radius 3 is 2.46 bits per heavy atom. The summed E-state index contributed by atoms with van der Waals surface area (Å²) in [6.07, 6.45) is -1.42. The van der Waals surface area contributed by atoms with E-state index in [0.717, 1.165) is 4.90 Å². The highest BCUT2D eigenvalue weighted by atomic mass is 16.6. The zero-order chi connectivity index (χ0) is 20.4. The van der Waals surface area contributed by atoms with Crippen LogP contribution in [0.3, 0.4) is 0 Å². The highest BCUT2D eigenvalue weighted by molar-refractivity contribution is 6.09. The first-order valence-electron chi connectivity index (χ1n) is 9.10. The monoisotopic (exact) mass is 383 g/mol. The average molecular weight is 383 g/mol. The van der Waals surface area contributed by atoms with E-state index in [4.69, 9.17) is 9.47 Å². The molecular formula is C21H21NO6. The van der Waals surface area contributed by atoms with Gasteiger partial charge in [0, 0.05) is 16.3 Å². The van der Waals surface area contributed by atoms with Crippen molar-refractivity contribution in [1.29, 1.82) is 0 Å². The molecular weight excluding hydrogens is 362 g/mol. The number of hydrogen-bond acceptors (Lipinski definition) is 6. The van der Waals surface area contributed by atoms with Crippen LogP contribution in [0.15, 0.2) is 24.3 Å². The lowest BCUT2D eigenvalue weighted by molar-refractivity contribution is -0.128. The van der Waals surface area contributed by atoms with Gasteiger partial charge in [-0.15, -0.1) is 0 Å². The molecule has 7 nitrogen and oxygen atoms in total. The number of Topliss-reactive ketones (excluding diaryl/α,β-unsaturated/α-hetero) is 1. The summed E-state index contributed by atoms with van der Waals surface area (Å²) < 4.78 is 11.4. The van der Waals surface area contributed by atoms with Crippen LogP contribution in [0.5, 0.6) is 11.5 Å². The topological polar surface area (TPSA) is 93.1 Å². The molecule has 0 aromatic heterocycles. The van der Waals surface area contributed by atoms with Crippen molar-refractivity contribution in [3.63, 3.8) is 0 Å². The molecule has 1 saturated heterocycles. The summed E-state index contributed by atoms with van der Waals surface area (Å²) in [6, 6.07) is 6.21. The van der Waals surface area contributed by atoms with E-state index in [1.807, 2.05) is 0 Å². The number of rotatable bonds is 1. The van der Waals surface area contributed by atoms with Gasteiger partial charge >= 0.3 is 6.09 Å². The smallest absolute Gasteiger partial charge is 0.417 e. The minimum atomic E-state index is -0.813. The normalized spacial score (nSPS) is 20.7. The number of ketones is 1. The molecule has 0 bridgehead atoms. The zero-order valence-corrected chi connectivity index (χ0v) is 16.1. The van der Waals surface area contributed by atoms with Gasteiger partial charge in [0.25, 0.3) is 0 Å². The van der Waals surface area contributed by atoms with Gasteiger partial charge < -0.3 is 14.6 Å². The van der Waals surface area contributed by atoms with Crippen LogP contribution >= 0.6 is 0 Å². The first-order chi connectivity index (χ1) is 13.1. The number of carbonyl (C=O) groups excluding carboxylic acids is 3. The van der Waals surface area contributed by atoms with Gasteiger partial charge in [-0.05, 0) is 27.7 Å². The number of benzene rings is 2. The van der Waals surface area contributed by atoms with Crippen molar-refractivity contribution in [3.8, 4) is 11.5 Å². The maximum atomic E-state index is 12.7. The SMILES string of the molecule is CC(=O)c1c2c(c3ccccc3c1O)O[C@@H]1CC(=O)N(C(=O)OC(C)(C)C)[C@H]21. The van der Waals surface area contributed by atoms with Gasteiger partial charge in [0.05, 0.1) is 12.0 Å². The number of nitrogens with zero attached hydrogens (tertiary/aromatic N) is 1. The highest BCUT2D eigenvalue weighted by Gasteiger charge is 2.53. The lowest BCUT2D eigenvalue weighted by Crippen LogP contribution is -2.39. The van der Waals surface area contributed by atoms with Crippen LogP contribution in [0.1, 0.15) is 56.1 Å². The lowest BCUT2D eigenvalue weighted by Gasteiger charge is -2.27. The third-order valence-corrected chi connectivity index (χ3v) is 4.96. The number of likely N-dealkylation sites (tertiary alicyclic amines) is 1. The molecule has 0 aliphatic carbocycles. The van der Waals surface area contributed by atoms with E-state index >= 15 is 0 Å². The molecule has 28 heavy (non-hydrogen) atoms. The number of fused-ring (bicyclic) bond motifs is 5. The van der Waals surface area contributed by atoms with Crippen molar-refractivity contribution < 1.29 is 29.0 Å². The van der Waals surface area contributed by atoms with Crippen molar-refractivity contribution in [2.24, 2.45) is 0 Å². The summed E-state index contributed by atoms with van der Waals surface area (Å²) in [6.45, 7) is 6.47. The molecule has 1 fully saturated rings. The average Bonchev–Trinajstić information content (AvgIpc) is 3.08. The Hall–Kier alpha value is -3.09. The molecule has 146 valence electrons. The van der Waals surface area contributed by atoms with Gasteiger partial charge in [-0.25, -0.2) is 9.69 Å². The quantitative estimate of drug-likeness (QED) is 0.755. The molecule has 0 radical (unpaired) electrons. The van der Waals surface area contributed by atoms with Crippen molar-refractivity contribution in [1.82, 2.24) is 4.90 Å². The second kappa shape index (κ2) is 5.95. The number of phenolic OH excluding ortho intramolecular Hbond substituents is 1. The number of amides is 2. The standard InChI is InChI=1S/C21H21NO6/c1-10(23)15-16-17-13(9-14(24)22(17)20(26)28-21(2,3)4)27-19(16)12-8-6-5-7-11(12)18(15)25/h5-8,13,17,25H,9H2,1-4H3/t13-,17+/m1/s1. The Labute approximate surface area is 161 Å². The fourth-order valence-corrected chi connectivity index (χ4v) is 3.98. The molecule has 2 aromatic rings. The maximum absolute atomic E-state index is 12.7. The number of carbonyl (C=O) groups is 3. The molecule has 2 aromatic carbocycles. The molecule has 0 unspecified atom stereocenters. The Kier molecular flexibility index (Phi) is 3.89. The van der Waals surface area contributed by atoms with Crippen LogP contribution in [0.2, 0.25) is 0 Å². The molecule has 0 saturated carbocycles. The molecule has 4 rings (SSSR count).